The molecule has 4 rings (SSSR count). The summed E-state index contributed by atoms with van der Waals surface area (Å²) in [5.41, 5.74) is 3.97. The highest BCUT2D eigenvalue weighted by Gasteiger charge is 2.10. The van der Waals surface area contributed by atoms with Gasteiger partial charge in [-0.25, -0.2) is 19.3 Å². The van der Waals surface area contributed by atoms with Crippen LogP contribution in [0, 0.1) is 5.82 Å². The minimum atomic E-state index is -0.474. The van der Waals surface area contributed by atoms with E-state index >= 15 is 0 Å². The zero-order valence-electron chi connectivity index (χ0n) is 14.7. The third kappa shape index (κ3) is 3.56. The third-order valence-corrected chi connectivity index (χ3v) is 4.85. The molecular weight excluding hydrogens is 400 g/mol. The first-order chi connectivity index (χ1) is 13.5. The molecule has 4 aromatic rings. The number of anilines is 3. The van der Waals surface area contributed by atoms with Gasteiger partial charge >= 0.3 is 0 Å². The molecule has 0 saturated heterocycles. The van der Waals surface area contributed by atoms with Gasteiger partial charge in [-0.05, 0) is 42.0 Å². The molecule has 0 aliphatic carbocycles. The standard InChI is InChI=1S/C20H14Cl2FN5/c1-24-18-7-12(9-25-19(18)22)11-2-5-17-14(6-11)20(27-10-26-17)28-13-3-4-16(23)15(21)8-13/h2-10,24H,1H3,(H,26,27,28). The molecule has 0 spiro atoms. The van der Waals surface area contributed by atoms with Crippen molar-refractivity contribution in [2.24, 2.45) is 0 Å². The van der Waals surface area contributed by atoms with Crippen LogP contribution in [0.2, 0.25) is 10.2 Å². The second kappa shape index (κ2) is 7.58. The van der Waals surface area contributed by atoms with Crippen LogP contribution in [-0.2, 0) is 0 Å². The van der Waals surface area contributed by atoms with Gasteiger partial charge in [-0.15, -0.1) is 0 Å². The lowest BCUT2D eigenvalue weighted by molar-refractivity contribution is 0.628. The molecule has 2 aromatic carbocycles. The highest BCUT2D eigenvalue weighted by atomic mass is 35.5. The number of hydrogen-bond donors (Lipinski definition) is 2. The highest BCUT2D eigenvalue weighted by Crippen LogP contribution is 2.31. The number of aromatic nitrogens is 3. The van der Waals surface area contributed by atoms with Gasteiger partial charge in [0.2, 0.25) is 0 Å². The average Bonchev–Trinajstić information content (AvgIpc) is 2.71. The summed E-state index contributed by atoms with van der Waals surface area (Å²) < 4.78 is 13.4. The fraction of sp³-hybridized carbons (Fsp3) is 0.0500. The minimum absolute atomic E-state index is 0.0379. The second-order valence-electron chi connectivity index (χ2n) is 6.02. The van der Waals surface area contributed by atoms with Crippen LogP contribution < -0.4 is 10.6 Å². The molecule has 2 aromatic heterocycles. The molecule has 0 amide bonds. The topological polar surface area (TPSA) is 62.7 Å². The molecule has 0 unspecified atom stereocenters. The van der Waals surface area contributed by atoms with Gasteiger partial charge in [0, 0.05) is 29.9 Å². The maximum Gasteiger partial charge on any atom is 0.152 e. The number of fused-ring (bicyclic) bond motifs is 1. The minimum Gasteiger partial charge on any atom is -0.386 e. The van der Waals surface area contributed by atoms with Crippen LogP contribution in [0.15, 0.2) is 55.0 Å². The maximum absolute atomic E-state index is 13.4. The first kappa shape index (κ1) is 18.4. The number of benzene rings is 2. The molecule has 8 heteroatoms. The van der Waals surface area contributed by atoms with Crippen LogP contribution in [0.25, 0.3) is 22.0 Å². The number of hydrogen-bond acceptors (Lipinski definition) is 5. The van der Waals surface area contributed by atoms with Crippen LogP contribution in [0.1, 0.15) is 0 Å². The van der Waals surface area contributed by atoms with E-state index in [4.69, 9.17) is 23.2 Å². The Morgan fingerprint density at radius 2 is 1.79 bits per heavy atom. The fourth-order valence-electron chi connectivity index (χ4n) is 2.83. The Balaban J connectivity index is 1.78. The Hall–Kier alpha value is -2.96. The highest BCUT2D eigenvalue weighted by molar-refractivity contribution is 6.32. The van der Waals surface area contributed by atoms with Crippen molar-refractivity contribution in [3.63, 3.8) is 0 Å². The Morgan fingerprint density at radius 1 is 0.929 bits per heavy atom. The summed E-state index contributed by atoms with van der Waals surface area (Å²) in [7, 11) is 1.79. The predicted molar refractivity (Wildman–Crippen MR) is 112 cm³/mol. The van der Waals surface area contributed by atoms with Crippen LogP contribution >= 0.6 is 23.2 Å². The lowest BCUT2D eigenvalue weighted by Crippen LogP contribution is -1.97. The Labute approximate surface area is 170 Å². The molecule has 28 heavy (non-hydrogen) atoms. The first-order valence-corrected chi connectivity index (χ1v) is 9.11. The third-order valence-electron chi connectivity index (χ3n) is 4.26. The summed E-state index contributed by atoms with van der Waals surface area (Å²) in [4.78, 5) is 12.9. The normalized spacial score (nSPS) is 10.9. The number of halogens is 3. The van der Waals surface area contributed by atoms with Crippen molar-refractivity contribution in [1.29, 1.82) is 0 Å². The van der Waals surface area contributed by atoms with Gasteiger partial charge in [0.05, 0.1) is 16.2 Å². The van der Waals surface area contributed by atoms with Crippen molar-refractivity contribution in [3.05, 3.63) is 71.0 Å². The number of nitrogens with one attached hydrogen (secondary N) is 2. The van der Waals surface area contributed by atoms with E-state index in [-0.39, 0.29) is 5.02 Å². The van der Waals surface area contributed by atoms with E-state index in [0.717, 1.165) is 27.7 Å². The molecule has 0 aliphatic heterocycles. The van der Waals surface area contributed by atoms with Crippen molar-refractivity contribution in [3.8, 4) is 11.1 Å². The molecule has 140 valence electrons. The van der Waals surface area contributed by atoms with Crippen molar-refractivity contribution >= 4 is 51.3 Å². The van der Waals surface area contributed by atoms with Crippen molar-refractivity contribution in [2.45, 2.75) is 0 Å². The van der Waals surface area contributed by atoms with E-state index in [1.165, 1.54) is 18.5 Å². The van der Waals surface area contributed by atoms with E-state index in [0.29, 0.717) is 16.7 Å². The second-order valence-corrected chi connectivity index (χ2v) is 6.79. The molecule has 2 heterocycles. The monoisotopic (exact) mass is 413 g/mol. The predicted octanol–water partition coefficient (Wildman–Crippen LogP) is 5.92. The van der Waals surface area contributed by atoms with Gasteiger partial charge in [-0.1, -0.05) is 29.3 Å². The Morgan fingerprint density at radius 3 is 2.57 bits per heavy atom. The molecule has 0 fully saturated rings. The van der Waals surface area contributed by atoms with Gasteiger partial charge in [0.1, 0.15) is 18.0 Å². The molecule has 2 N–H and O–H groups in total. The largest absolute Gasteiger partial charge is 0.386 e. The molecular formula is C20H14Cl2FN5. The summed E-state index contributed by atoms with van der Waals surface area (Å²) in [6.45, 7) is 0. The zero-order valence-corrected chi connectivity index (χ0v) is 16.2. The number of rotatable bonds is 4. The summed E-state index contributed by atoms with van der Waals surface area (Å²) in [6.07, 6.45) is 3.18. The van der Waals surface area contributed by atoms with Gasteiger partial charge < -0.3 is 10.6 Å². The van der Waals surface area contributed by atoms with E-state index in [2.05, 4.69) is 25.6 Å². The molecule has 0 aliphatic rings. The smallest absolute Gasteiger partial charge is 0.152 e. The molecule has 0 bridgehead atoms. The molecule has 0 atom stereocenters. The Kier molecular flexibility index (Phi) is 4.98. The summed E-state index contributed by atoms with van der Waals surface area (Å²) in [5, 5.41) is 7.45. The van der Waals surface area contributed by atoms with Gasteiger partial charge in [0.25, 0.3) is 0 Å². The van der Waals surface area contributed by atoms with Crippen molar-refractivity contribution < 1.29 is 4.39 Å². The van der Waals surface area contributed by atoms with E-state index in [1.807, 2.05) is 24.3 Å². The molecule has 0 saturated carbocycles. The van der Waals surface area contributed by atoms with E-state index in [1.54, 1.807) is 19.3 Å². The maximum atomic E-state index is 13.4. The van der Waals surface area contributed by atoms with Gasteiger partial charge in [-0.2, -0.15) is 0 Å². The van der Waals surface area contributed by atoms with Crippen LogP contribution in [0.3, 0.4) is 0 Å². The number of nitrogens with zero attached hydrogens (tertiary/aromatic N) is 3. The summed E-state index contributed by atoms with van der Waals surface area (Å²) in [5.74, 6) is 0.114. The fourth-order valence-corrected chi connectivity index (χ4v) is 3.21. The quantitative estimate of drug-likeness (QED) is 0.406. The van der Waals surface area contributed by atoms with E-state index in [9.17, 15) is 4.39 Å². The lowest BCUT2D eigenvalue weighted by atomic mass is 10.0. The Bertz CT molecular complexity index is 1180. The van der Waals surface area contributed by atoms with Crippen LogP contribution in [0.4, 0.5) is 21.6 Å². The number of pyridine rings is 1. The average molecular weight is 414 g/mol. The van der Waals surface area contributed by atoms with E-state index < -0.39 is 5.82 Å². The lowest BCUT2D eigenvalue weighted by Gasteiger charge is -2.11. The van der Waals surface area contributed by atoms with Gasteiger partial charge in [-0.3, -0.25) is 0 Å². The molecule has 0 radical (unpaired) electrons. The van der Waals surface area contributed by atoms with Crippen LogP contribution in [-0.4, -0.2) is 22.0 Å². The van der Waals surface area contributed by atoms with Gasteiger partial charge in [0.15, 0.2) is 5.15 Å². The summed E-state index contributed by atoms with van der Waals surface area (Å²) in [6, 6.07) is 12.2. The van der Waals surface area contributed by atoms with Crippen molar-refractivity contribution in [1.82, 2.24) is 15.0 Å². The first-order valence-electron chi connectivity index (χ1n) is 8.35. The molecule has 5 nitrogen and oxygen atoms in total. The SMILES string of the molecule is CNc1cc(-c2ccc3ncnc(Nc4ccc(F)c(Cl)c4)c3c2)cnc1Cl. The van der Waals surface area contributed by atoms with Crippen molar-refractivity contribution in [2.75, 3.05) is 17.7 Å². The summed E-state index contributed by atoms with van der Waals surface area (Å²) >= 11 is 12.0. The van der Waals surface area contributed by atoms with Crippen LogP contribution in [0.5, 0.6) is 0 Å². The zero-order chi connectivity index (χ0) is 19.7.